The van der Waals surface area contributed by atoms with Gasteiger partial charge in [0.2, 0.25) is 0 Å². The molecule has 29 heavy (non-hydrogen) atoms. The van der Waals surface area contributed by atoms with Crippen LogP contribution in [0.4, 0.5) is 0 Å². The van der Waals surface area contributed by atoms with E-state index in [0.29, 0.717) is 25.3 Å². The molecule has 10 nitrogen and oxygen atoms in total. The number of carbonyl (C=O) groups excluding carboxylic acids is 1. The van der Waals surface area contributed by atoms with Crippen LogP contribution in [0.5, 0.6) is 0 Å². The molecular weight excluding hydrogens is 372 g/mol. The van der Waals surface area contributed by atoms with Gasteiger partial charge in [-0.05, 0) is 48.8 Å². The Morgan fingerprint density at radius 1 is 1.28 bits per heavy atom. The third kappa shape index (κ3) is 4.03. The number of aromatic nitrogens is 6. The first-order valence-electron chi connectivity index (χ1n) is 9.42. The van der Waals surface area contributed by atoms with Gasteiger partial charge in [0, 0.05) is 37.5 Å². The standard InChI is InChI=1S/C19H24N8O2/c1-24(2)12-17-18(15-10-21-25(3)11-15)26(8-9-29-17)19(28)14-4-6-16(7-5-14)27-13-20-22-23-27/h4-7,10-11,13,17-18H,8-9,12H2,1-3H3/t17-,18-/m0/s1. The van der Waals surface area contributed by atoms with Gasteiger partial charge in [-0.2, -0.15) is 5.10 Å². The summed E-state index contributed by atoms with van der Waals surface area (Å²) in [6.45, 7) is 1.74. The van der Waals surface area contributed by atoms with Crippen molar-refractivity contribution >= 4 is 5.91 Å². The Bertz CT molecular complexity index is 951. The van der Waals surface area contributed by atoms with Crippen molar-refractivity contribution in [3.8, 4) is 5.69 Å². The minimum absolute atomic E-state index is 0.0332. The second-order valence-electron chi connectivity index (χ2n) is 7.36. The normalized spacial score (nSPS) is 19.7. The number of hydrogen-bond donors (Lipinski definition) is 0. The van der Waals surface area contributed by atoms with Crippen LogP contribution in [0.15, 0.2) is 43.0 Å². The number of likely N-dealkylation sites (N-methyl/N-ethyl adjacent to an activating group) is 1. The Balaban J connectivity index is 1.62. The molecule has 0 spiro atoms. The summed E-state index contributed by atoms with van der Waals surface area (Å²) in [5.74, 6) is -0.0332. The van der Waals surface area contributed by atoms with Crippen molar-refractivity contribution in [2.24, 2.45) is 7.05 Å². The highest BCUT2D eigenvalue weighted by Gasteiger charge is 2.37. The fourth-order valence-corrected chi connectivity index (χ4v) is 3.66. The Labute approximate surface area is 168 Å². The number of aryl methyl sites for hydroxylation is 1. The van der Waals surface area contributed by atoms with E-state index in [9.17, 15) is 4.79 Å². The number of tetrazole rings is 1. The minimum atomic E-state index is -0.202. The molecule has 152 valence electrons. The van der Waals surface area contributed by atoms with E-state index in [0.717, 1.165) is 11.3 Å². The maximum absolute atomic E-state index is 13.4. The van der Waals surface area contributed by atoms with Crippen LogP contribution in [0, 0.1) is 0 Å². The van der Waals surface area contributed by atoms with Crippen LogP contribution in [-0.4, -0.2) is 85.6 Å². The van der Waals surface area contributed by atoms with E-state index in [1.807, 2.05) is 50.6 Å². The lowest BCUT2D eigenvalue weighted by molar-refractivity contribution is -0.0684. The lowest BCUT2D eigenvalue weighted by Crippen LogP contribution is -2.51. The predicted molar refractivity (Wildman–Crippen MR) is 104 cm³/mol. The SMILES string of the molecule is CN(C)C[C@@H]1OCCN(C(=O)c2ccc(-n3cnnn3)cc2)[C@H]1c1cnn(C)c1. The first-order valence-corrected chi connectivity index (χ1v) is 9.42. The number of benzene rings is 1. The van der Waals surface area contributed by atoms with Gasteiger partial charge in [-0.1, -0.05) is 0 Å². The highest BCUT2D eigenvalue weighted by molar-refractivity contribution is 5.94. The van der Waals surface area contributed by atoms with E-state index in [2.05, 4.69) is 25.5 Å². The van der Waals surface area contributed by atoms with Gasteiger partial charge in [0.25, 0.3) is 5.91 Å². The second kappa shape index (κ2) is 8.10. The zero-order valence-corrected chi connectivity index (χ0v) is 16.7. The van der Waals surface area contributed by atoms with Crippen molar-refractivity contribution in [2.45, 2.75) is 12.1 Å². The van der Waals surface area contributed by atoms with E-state index in [1.165, 1.54) is 6.33 Å². The van der Waals surface area contributed by atoms with Crippen LogP contribution >= 0.6 is 0 Å². The van der Waals surface area contributed by atoms with Gasteiger partial charge in [-0.25, -0.2) is 4.68 Å². The molecule has 2 aromatic heterocycles. The Morgan fingerprint density at radius 2 is 2.07 bits per heavy atom. The first-order chi connectivity index (χ1) is 14.0. The fourth-order valence-electron chi connectivity index (χ4n) is 3.66. The molecule has 10 heteroatoms. The summed E-state index contributed by atoms with van der Waals surface area (Å²) >= 11 is 0. The molecule has 1 saturated heterocycles. The van der Waals surface area contributed by atoms with E-state index in [4.69, 9.17) is 4.74 Å². The van der Waals surface area contributed by atoms with Crippen molar-refractivity contribution in [2.75, 3.05) is 33.8 Å². The molecule has 0 aliphatic carbocycles. The van der Waals surface area contributed by atoms with Crippen molar-refractivity contribution in [1.29, 1.82) is 0 Å². The van der Waals surface area contributed by atoms with Crippen LogP contribution in [0.3, 0.4) is 0 Å². The molecule has 1 aromatic carbocycles. The molecule has 1 aliphatic rings. The van der Waals surface area contributed by atoms with Gasteiger partial charge in [0.1, 0.15) is 6.33 Å². The molecule has 1 aliphatic heterocycles. The maximum Gasteiger partial charge on any atom is 0.254 e. The highest BCUT2D eigenvalue weighted by Crippen LogP contribution is 2.31. The van der Waals surface area contributed by atoms with Crippen molar-refractivity contribution < 1.29 is 9.53 Å². The van der Waals surface area contributed by atoms with E-state index in [-0.39, 0.29) is 18.1 Å². The minimum Gasteiger partial charge on any atom is -0.373 e. The van der Waals surface area contributed by atoms with Crippen LogP contribution in [-0.2, 0) is 11.8 Å². The number of rotatable bonds is 5. The van der Waals surface area contributed by atoms with Gasteiger partial charge < -0.3 is 14.5 Å². The van der Waals surface area contributed by atoms with E-state index >= 15 is 0 Å². The summed E-state index contributed by atoms with van der Waals surface area (Å²) in [7, 11) is 5.88. The molecule has 3 heterocycles. The van der Waals surface area contributed by atoms with Gasteiger partial charge in [-0.15, -0.1) is 5.10 Å². The highest BCUT2D eigenvalue weighted by atomic mass is 16.5. The molecule has 0 N–H and O–H groups in total. The molecule has 0 saturated carbocycles. The monoisotopic (exact) mass is 396 g/mol. The molecule has 3 aromatic rings. The van der Waals surface area contributed by atoms with Gasteiger partial charge in [-0.3, -0.25) is 9.48 Å². The number of carbonyl (C=O) groups is 1. The summed E-state index contributed by atoms with van der Waals surface area (Å²) in [4.78, 5) is 17.4. The maximum atomic E-state index is 13.4. The van der Waals surface area contributed by atoms with Crippen LogP contribution in [0.2, 0.25) is 0 Å². The quantitative estimate of drug-likeness (QED) is 0.621. The number of amides is 1. The average molecular weight is 396 g/mol. The predicted octanol–water partition coefficient (Wildman–Crippen LogP) is 0.540. The summed E-state index contributed by atoms with van der Waals surface area (Å²) in [5, 5.41) is 15.4. The van der Waals surface area contributed by atoms with Crippen molar-refractivity contribution in [3.05, 3.63) is 54.1 Å². The number of morpholine rings is 1. The summed E-state index contributed by atoms with van der Waals surface area (Å²) in [6, 6.07) is 7.07. The average Bonchev–Trinajstić information content (AvgIpc) is 3.39. The summed E-state index contributed by atoms with van der Waals surface area (Å²) in [6.07, 6.45) is 5.14. The molecule has 0 radical (unpaired) electrons. The Hall–Kier alpha value is -3.11. The van der Waals surface area contributed by atoms with Crippen molar-refractivity contribution in [1.82, 2.24) is 39.8 Å². The second-order valence-corrected chi connectivity index (χ2v) is 7.36. The lowest BCUT2D eigenvalue weighted by Gasteiger charge is -2.41. The van der Waals surface area contributed by atoms with Crippen LogP contribution < -0.4 is 0 Å². The summed E-state index contributed by atoms with van der Waals surface area (Å²) < 4.78 is 9.35. The van der Waals surface area contributed by atoms with E-state index < -0.39 is 0 Å². The van der Waals surface area contributed by atoms with Gasteiger partial charge in [0.05, 0.1) is 30.6 Å². The van der Waals surface area contributed by atoms with Crippen LogP contribution in [0.25, 0.3) is 5.69 Å². The Morgan fingerprint density at radius 3 is 2.69 bits per heavy atom. The molecular formula is C19H24N8O2. The first kappa shape index (κ1) is 19.2. The molecule has 1 fully saturated rings. The Kier molecular flexibility index (Phi) is 5.36. The number of nitrogens with zero attached hydrogens (tertiary/aromatic N) is 8. The smallest absolute Gasteiger partial charge is 0.254 e. The zero-order chi connectivity index (χ0) is 20.4. The molecule has 0 unspecified atom stereocenters. The summed E-state index contributed by atoms with van der Waals surface area (Å²) in [5.41, 5.74) is 2.38. The van der Waals surface area contributed by atoms with Crippen LogP contribution in [0.1, 0.15) is 22.0 Å². The van der Waals surface area contributed by atoms with Gasteiger partial charge in [0.15, 0.2) is 0 Å². The fraction of sp³-hybridized carbons (Fsp3) is 0.421. The molecule has 2 atom stereocenters. The molecule has 0 bridgehead atoms. The van der Waals surface area contributed by atoms with Crippen molar-refractivity contribution in [3.63, 3.8) is 0 Å². The number of ether oxygens (including phenoxy) is 1. The topological polar surface area (TPSA) is 94.2 Å². The third-order valence-electron chi connectivity index (χ3n) is 4.95. The van der Waals surface area contributed by atoms with E-state index in [1.54, 1.807) is 21.5 Å². The zero-order valence-electron chi connectivity index (χ0n) is 16.7. The third-order valence-corrected chi connectivity index (χ3v) is 4.95. The largest absolute Gasteiger partial charge is 0.373 e. The van der Waals surface area contributed by atoms with Gasteiger partial charge >= 0.3 is 0 Å². The lowest BCUT2D eigenvalue weighted by atomic mass is 9.99. The number of hydrogen-bond acceptors (Lipinski definition) is 7. The molecule has 4 rings (SSSR count). The molecule has 1 amide bonds.